The first-order chi connectivity index (χ1) is 9.27. The predicted molar refractivity (Wildman–Crippen MR) is 73.1 cm³/mol. The lowest BCUT2D eigenvalue weighted by Crippen LogP contribution is -1.95. The van der Waals surface area contributed by atoms with Crippen LogP contribution in [0, 0.1) is 6.92 Å². The summed E-state index contributed by atoms with van der Waals surface area (Å²) >= 11 is 0. The van der Waals surface area contributed by atoms with Gasteiger partial charge in [-0.25, -0.2) is 0 Å². The molecule has 4 rings (SSSR count). The lowest BCUT2D eigenvalue weighted by atomic mass is 9.97. The molecule has 0 N–H and O–H groups in total. The standard InChI is InChI=1S/C16H10N2O/c1-9-13-8-17-6-4-10(13)7-12-14(9)15-11(16(12)19)3-2-5-18-15/h2-8H,1H3. The first-order valence-electron chi connectivity index (χ1n) is 6.15. The van der Waals surface area contributed by atoms with E-state index in [2.05, 4.69) is 9.97 Å². The van der Waals surface area contributed by atoms with Crippen molar-refractivity contribution in [1.82, 2.24) is 9.97 Å². The predicted octanol–water partition coefficient (Wildman–Crippen LogP) is 3.15. The van der Waals surface area contributed by atoms with E-state index in [1.807, 2.05) is 31.3 Å². The Morgan fingerprint density at radius 3 is 2.89 bits per heavy atom. The van der Waals surface area contributed by atoms with E-state index in [1.54, 1.807) is 18.5 Å². The zero-order valence-electron chi connectivity index (χ0n) is 10.3. The van der Waals surface area contributed by atoms with Gasteiger partial charge in [-0.2, -0.15) is 0 Å². The van der Waals surface area contributed by atoms with E-state index in [9.17, 15) is 4.79 Å². The number of rotatable bonds is 0. The number of nitrogens with zero attached hydrogens (tertiary/aromatic N) is 2. The molecule has 0 bridgehead atoms. The molecule has 0 fully saturated rings. The largest absolute Gasteiger partial charge is 0.289 e. The summed E-state index contributed by atoms with van der Waals surface area (Å²) in [7, 11) is 0. The molecule has 1 aliphatic carbocycles. The highest BCUT2D eigenvalue weighted by molar-refractivity contribution is 6.23. The molecule has 1 aromatic carbocycles. The molecule has 3 heteroatoms. The number of hydrogen-bond donors (Lipinski definition) is 0. The first-order valence-corrected chi connectivity index (χ1v) is 6.15. The fourth-order valence-electron chi connectivity index (χ4n) is 2.83. The Balaban J connectivity index is 2.20. The normalized spacial score (nSPS) is 12.6. The van der Waals surface area contributed by atoms with Crippen molar-refractivity contribution in [3.05, 3.63) is 59.5 Å². The van der Waals surface area contributed by atoms with Crippen molar-refractivity contribution < 1.29 is 4.79 Å². The van der Waals surface area contributed by atoms with Crippen LogP contribution in [0.25, 0.3) is 22.0 Å². The van der Waals surface area contributed by atoms with Crippen LogP contribution < -0.4 is 0 Å². The van der Waals surface area contributed by atoms with Crippen LogP contribution in [0.5, 0.6) is 0 Å². The molecule has 3 aromatic rings. The smallest absolute Gasteiger partial charge is 0.195 e. The van der Waals surface area contributed by atoms with Crippen LogP contribution >= 0.6 is 0 Å². The number of fused-ring (bicyclic) bond motifs is 4. The molecule has 0 radical (unpaired) electrons. The third-order valence-electron chi connectivity index (χ3n) is 3.74. The second-order valence-electron chi connectivity index (χ2n) is 4.75. The highest BCUT2D eigenvalue weighted by Crippen LogP contribution is 2.40. The van der Waals surface area contributed by atoms with Crippen molar-refractivity contribution in [2.24, 2.45) is 0 Å². The molecule has 90 valence electrons. The minimum atomic E-state index is 0.0694. The van der Waals surface area contributed by atoms with Gasteiger partial charge >= 0.3 is 0 Å². The van der Waals surface area contributed by atoms with E-state index in [4.69, 9.17) is 0 Å². The van der Waals surface area contributed by atoms with Crippen LogP contribution in [0.1, 0.15) is 21.5 Å². The van der Waals surface area contributed by atoms with Crippen LogP contribution in [0.2, 0.25) is 0 Å². The van der Waals surface area contributed by atoms with Crippen LogP contribution in [0.15, 0.2) is 42.9 Å². The quantitative estimate of drug-likeness (QED) is 0.478. The van der Waals surface area contributed by atoms with Gasteiger partial charge in [0.1, 0.15) is 0 Å². The van der Waals surface area contributed by atoms with Gasteiger partial charge in [-0.15, -0.1) is 0 Å². The van der Waals surface area contributed by atoms with Crippen molar-refractivity contribution in [2.75, 3.05) is 0 Å². The monoisotopic (exact) mass is 246 g/mol. The van der Waals surface area contributed by atoms with Crippen molar-refractivity contribution in [3.63, 3.8) is 0 Å². The molecule has 3 nitrogen and oxygen atoms in total. The maximum Gasteiger partial charge on any atom is 0.195 e. The molecule has 0 amide bonds. The molecule has 19 heavy (non-hydrogen) atoms. The van der Waals surface area contributed by atoms with E-state index in [1.165, 1.54) is 0 Å². The Morgan fingerprint density at radius 1 is 1.11 bits per heavy atom. The Bertz CT molecular complexity index is 852. The summed E-state index contributed by atoms with van der Waals surface area (Å²) in [5, 5.41) is 2.12. The highest BCUT2D eigenvalue weighted by atomic mass is 16.1. The van der Waals surface area contributed by atoms with Crippen LogP contribution in [-0.4, -0.2) is 15.8 Å². The van der Waals surface area contributed by atoms with Crippen molar-refractivity contribution >= 4 is 16.6 Å². The van der Waals surface area contributed by atoms with Gasteiger partial charge in [-0.1, -0.05) is 0 Å². The summed E-state index contributed by atoms with van der Waals surface area (Å²) in [5.41, 5.74) is 4.28. The maximum absolute atomic E-state index is 12.4. The Kier molecular flexibility index (Phi) is 1.90. The summed E-state index contributed by atoms with van der Waals surface area (Å²) in [4.78, 5) is 21.0. The SMILES string of the molecule is Cc1c2c(cc3ccncc13)C(=O)c1cccnc1-2. The fourth-order valence-corrected chi connectivity index (χ4v) is 2.83. The summed E-state index contributed by atoms with van der Waals surface area (Å²) in [5.74, 6) is 0.0694. The molecule has 0 aliphatic heterocycles. The lowest BCUT2D eigenvalue weighted by molar-refractivity contribution is 0.104. The fraction of sp³-hybridized carbons (Fsp3) is 0.0625. The van der Waals surface area contributed by atoms with E-state index in [0.29, 0.717) is 5.56 Å². The second-order valence-corrected chi connectivity index (χ2v) is 4.75. The highest BCUT2D eigenvalue weighted by Gasteiger charge is 2.29. The third kappa shape index (κ3) is 1.24. The molecule has 0 saturated heterocycles. The molecule has 0 unspecified atom stereocenters. The molecule has 2 aromatic heterocycles. The number of aryl methyl sites for hydroxylation is 1. The van der Waals surface area contributed by atoms with E-state index < -0.39 is 0 Å². The molecule has 2 heterocycles. The van der Waals surface area contributed by atoms with Gasteiger partial charge in [-0.3, -0.25) is 14.8 Å². The van der Waals surface area contributed by atoms with Gasteiger partial charge in [0.05, 0.1) is 5.69 Å². The number of benzene rings is 1. The first kappa shape index (κ1) is 10.4. The zero-order chi connectivity index (χ0) is 13.0. The average molecular weight is 246 g/mol. The summed E-state index contributed by atoms with van der Waals surface area (Å²) in [6.07, 6.45) is 5.32. The van der Waals surface area contributed by atoms with Crippen molar-refractivity contribution in [2.45, 2.75) is 6.92 Å². The Hall–Kier alpha value is -2.55. The van der Waals surface area contributed by atoms with Gasteiger partial charge in [-0.05, 0) is 42.1 Å². The van der Waals surface area contributed by atoms with E-state index >= 15 is 0 Å². The van der Waals surface area contributed by atoms with E-state index in [0.717, 1.165) is 33.2 Å². The molecular formula is C16H10N2O. The number of pyridine rings is 2. The van der Waals surface area contributed by atoms with Gasteiger partial charge < -0.3 is 0 Å². The number of carbonyl (C=O) groups excluding carboxylic acids is 1. The number of carbonyl (C=O) groups is 1. The number of hydrogen-bond acceptors (Lipinski definition) is 3. The molecule has 1 aliphatic rings. The van der Waals surface area contributed by atoms with Crippen LogP contribution in [-0.2, 0) is 0 Å². The average Bonchev–Trinajstić information content (AvgIpc) is 2.74. The second kappa shape index (κ2) is 3.48. The van der Waals surface area contributed by atoms with Gasteiger partial charge in [0.2, 0.25) is 0 Å². The lowest BCUT2D eigenvalue weighted by Gasteiger charge is -2.08. The molecule has 0 saturated carbocycles. The van der Waals surface area contributed by atoms with Crippen LogP contribution in [0.3, 0.4) is 0 Å². The molecule has 0 spiro atoms. The summed E-state index contributed by atoms with van der Waals surface area (Å²) < 4.78 is 0. The molecule has 0 atom stereocenters. The van der Waals surface area contributed by atoms with Gasteiger partial charge in [0.15, 0.2) is 5.78 Å². The number of aromatic nitrogens is 2. The van der Waals surface area contributed by atoms with Gasteiger partial charge in [0, 0.05) is 40.7 Å². The van der Waals surface area contributed by atoms with E-state index in [-0.39, 0.29) is 5.78 Å². The Morgan fingerprint density at radius 2 is 2.00 bits per heavy atom. The zero-order valence-corrected chi connectivity index (χ0v) is 10.3. The van der Waals surface area contributed by atoms with Crippen LogP contribution in [0.4, 0.5) is 0 Å². The van der Waals surface area contributed by atoms with Gasteiger partial charge in [0.25, 0.3) is 0 Å². The van der Waals surface area contributed by atoms with Crippen molar-refractivity contribution in [1.29, 1.82) is 0 Å². The molecular weight excluding hydrogens is 236 g/mol. The number of ketones is 1. The Labute approximate surface area is 109 Å². The van der Waals surface area contributed by atoms with Crippen molar-refractivity contribution in [3.8, 4) is 11.3 Å². The summed E-state index contributed by atoms with van der Waals surface area (Å²) in [6.45, 7) is 2.03. The minimum absolute atomic E-state index is 0.0694. The topological polar surface area (TPSA) is 42.9 Å². The summed E-state index contributed by atoms with van der Waals surface area (Å²) in [6, 6.07) is 7.53. The third-order valence-corrected chi connectivity index (χ3v) is 3.74. The maximum atomic E-state index is 12.4. The minimum Gasteiger partial charge on any atom is -0.289 e.